The van der Waals surface area contributed by atoms with Crippen LogP contribution in [0.25, 0.3) is 0 Å². The van der Waals surface area contributed by atoms with Gasteiger partial charge in [-0.1, -0.05) is 11.8 Å². The van der Waals surface area contributed by atoms with Gasteiger partial charge in [-0.3, -0.25) is 0 Å². The van der Waals surface area contributed by atoms with E-state index in [1.54, 1.807) is 13.2 Å². The molecule has 0 aromatic carbocycles. The Labute approximate surface area is 116 Å². The first-order chi connectivity index (χ1) is 9.15. The molecule has 0 spiro atoms. The number of aliphatic carboxylic acids is 1. The Morgan fingerprint density at radius 2 is 2.32 bits per heavy atom. The van der Waals surface area contributed by atoms with Gasteiger partial charge in [0, 0.05) is 12.6 Å². The number of aromatic nitrogens is 2. The third kappa shape index (κ3) is 3.09. The molecule has 19 heavy (non-hydrogen) atoms. The lowest BCUT2D eigenvalue weighted by Crippen LogP contribution is -2.45. The summed E-state index contributed by atoms with van der Waals surface area (Å²) in [6, 6.07) is 1.18. The van der Waals surface area contributed by atoms with Crippen molar-refractivity contribution in [2.75, 3.05) is 24.8 Å². The second-order valence-electron chi connectivity index (χ2n) is 4.30. The number of methoxy groups -OCH3 is 1. The predicted octanol–water partition coefficient (Wildman–Crippen LogP) is 1.65. The van der Waals surface area contributed by atoms with Gasteiger partial charge in [0.05, 0.1) is 7.11 Å². The number of carboxylic acids is 1. The topological polar surface area (TPSA) is 75.5 Å². The van der Waals surface area contributed by atoms with E-state index < -0.39 is 12.0 Å². The largest absolute Gasteiger partial charge is 0.481 e. The summed E-state index contributed by atoms with van der Waals surface area (Å²) in [5.41, 5.74) is 0. The number of carbonyl (C=O) groups is 1. The number of anilines is 1. The normalized spacial score (nSPS) is 19.3. The van der Waals surface area contributed by atoms with Gasteiger partial charge in [-0.15, -0.1) is 0 Å². The van der Waals surface area contributed by atoms with Crippen LogP contribution >= 0.6 is 11.8 Å². The number of rotatable bonds is 4. The number of hydrogen-bond donors (Lipinski definition) is 1. The van der Waals surface area contributed by atoms with Crippen molar-refractivity contribution in [3.8, 4) is 5.88 Å². The molecule has 1 aromatic rings. The van der Waals surface area contributed by atoms with Crippen molar-refractivity contribution >= 4 is 23.5 Å². The minimum Gasteiger partial charge on any atom is -0.481 e. The van der Waals surface area contributed by atoms with Crippen molar-refractivity contribution in [2.45, 2.75) is 30.5 Å². The summed E-state index contributed by atoms with van der Waals surface area (Å²) in [5.74, 6) is 0.287. The van der Waals surface area contributed by atoms with Gasteiger partial charge in [-0.2, -0.15) is 4.98 Å². The zero-order valence-corrected chi connectivity index (χ0v) is 11.8. The molecule has 0 bridgehead atoms. The first-order valence-corrected chi connectivity index (χ1v) is 7.34. The van der Waals surface area contributed by atoms with E-state index in [-0.39, 0.29) is 0 Å². The monoisotopic (exact) mass is 283 g/mol. The number of nitrogens with zero attached hydrogens (tertiary/aromatic N) is 3. The van der Waals surface area contributed by atoms with Crippen LogP contribution in [0.15, 0.2) is 11.2 Å². The Kier molecular flexibility index (Phi) is 4.47. The van der Waals surface area contributed by atoms with E-state index in [1.165, 1.54) is 11.8 Å². The molecular weight excluding hydrogens is 266 g/mol. The minimum absolute atomic E-state index is 0.462. The predicted molar refractivity (Wildman–Crippen MR) is 73.0 cm³/mol. The fourth-order valence-corrected chi connectivity index (χ4v) is 2.56. The lowest BCUT2D eigenvalue weighted by atomic mass is 10.0. The first kappa shape index (κ1) is 13.9. The zero-order chi connectivity index (χ0) is 13.8. The molecule has 0 aliphatic carbocycles. The molecule has 0 unspecified atom stereocenters. The van der Waals surface area contributed by atoms with E-state index in [2.05, 4.69) is 9.97 Å². The maximum atomic E-state index is 11.3. The molecule has 1 fully saturated rings. The smallest absolute Gasteiger partial charge is 0.326 e. The number of carboxylic acid groups (broad SMARTS) is 1. The van der Waals surface area contributed by atoms with Gasteiger partial charge in [0.25, 0.3) is 0 Å². The fourth-order valence-electron chi connectivity index (χ4n) is 2.20. The Bertz CT molecular complexity index is 447. The molecule has 1 atom stereocenters. The Morgan fingerprint density at radius 1 is 1.53 bits per heavy atom. The molecule has 0 radical (unpaired) electrons. The van der Waals surface area contributed by atoms with E-state index in [1.807, 2.05) is 11.2 Å². The highest BCUT2D eigenvalue weighted by Crippen LogP contribution is 2.27. The van der Waals surface area contributed by atoms with Crippen LogP contribution in [0, 0.1) is 0 Å². The summed E-state index contributed by atoms with van der Waals surface area (Å²) in [7, 11) is 1.54. The highest BCUT2D eigenvalue weighted by Gasteiger charge is 2.30. The van der Waals surface area contributed by atoms with Gasteiger partial charge in [-0.05, 0) is 25.5 Å². The highest BCUT2D eigenvalue weighted by molar-refractivity contribution is 7.98. The Hall–Kier alpha value is -1.50. The lowest BCUT2D eigenvalue weighted by molar-refractivity contribution is -0.139. The molecule has 7 heteroatoms. The summed E-state index contributed by atoms with van der Waals surface area (Å²) in [6.07, 6.45) is 4.44. The van der Waals surface area contributed by atoms with Crippen LogP contribution in [0.2, 0.25) is 0 Å². The second kappa shape index (κ2) is 6.10. The molecule has 6 nitrogen and oxygen atoms in total. The standard InChI is InChI=1S/C12H17N3O3S/c1-18-10-7-9(13-12(14-10)19-2)15-6-4-3-5-8(15)11(16)17/h7-8H,3-6H2,1-2H3,(H,16,17)/t8-/m1/s1. The summed E-state index contributed by atoms with van der Waals surface area (Å²) in [6.45, 7) is 0.699. The van der Waals surface area contributed by atoms with Crippen molar-refractivity contribution in [1.29, 1.82) is 0 Å². The summed E-state index contributed by atoms with van der Waals surface area (Å²) < 4.78 is 5.15. The molecule has 1 saturated heterocycles. The molecule has 0 saturated carbocycles. The molecule has 2 rings (SSSR count). The third-order valence-electron chi connectivity index (χ3n) is 3.14. The third-order valence-corrected chi connectivity index (χ3v) is 3.69. The summed E-state index contributed by atoms with van der Waals surface area (Å²) in [4.78, 5) is 21.7. The zero-order valence-electron chi connectivity index (χ0n) is 11.0. The van der Waals surface area contributed by atoms with Crippen molar-refractivity contribution in [1.82, 2.24) is 9.97 Å². The molecule has 104 valence electrons. The second-order valence-corrected chi connectivity index (χ2v) is 5.07. The molecule has 1 aliphatic heterocycles. The number of hydrogen-bond acceptors (Lipinski definition) is 6. The minimum atomic E-state index is -0.803. The molecule has 1 aromatic heterocycles. The van der Waals surface area contributed by atoms with E-state index in [0.29, 0.717) is 29.8 Å². The number of piperidine rings is 1. The van der Waals surface area contributed by atoms with Crippen LogP contribution in [0.5, 0.6) is 5.88 Å². The Balaban J connectivity index is 2.35. The van der Waals surface area contributed by atoms with E-state index >= 15 is 0 Å². The summed E-state index contributed by atoms with van der Waals surface area (Å²) >= 11 is 1.41. The van der Waals surface area contributed by atoms with Crippen LogP contribution in [-0.2, 0) is 4.79 Å². The van der Waals surface area contributed by atoms with Gasteiger partial charge in [-0.25, -0.2) is 9.78 Å². The first-order valence-electron chi connectivity index (χ1n) is 6.12. The Morgan fingerprint density at radius 3 is 2.95 bits per heavy atom. The van der Waals surface area contributed by atoms with Crippen LogP contribution in [0.4, 0.5) is 5.82 Å². The van der Waals surface area contributed by atoms with E-state index in [9.17, 15) is 9.90 Å². The van der Waals surface area contributed by atoms with Crippen molar-refractivity contribution in [2.24, 2.45) is 0 Å². The maximum absolute atomic E-state index is 11.3. The number of ether oxygens (including phenoxy) is 1. The molecule has 0 amide bonds. The van der Waals surface area contributed by atoms with Gasteiger partial charge in [0.15, 0.2) is 5.16 Å². The molecule has 1 aliphatic rings. The molecule has 2 heterocycles. The van der Waals surface area contributed by atoms with Crippen LogP contribution in [0.3, 0.4) is 0 Å². The quantitative estimate of drug-likeness (QED) is 0.665. The highest BCUT2D eigenvalue weighted by atomic mass is 32.2. The molecular formula is C12H17N3O3S. The van der Waals surface area contributed by atoms with Crippen LogP contribution < -0.4 is 9.64 Å². The van der Waals surface area contributed by atoms with E-state index in [0.717, 1.165) is 12.8 Å². The summed E-state index contributed by atoms with van der Waals surface area (Å²) in [5, 5.41) is 9.89. The number of thioether (sulfide) groups is 1. The average Bonchev–Trinajstić information content (AvgIpc) is 2.46. The van der Waals surface area contributed by atoms with Gasteiger partial charge >= 0.3 is 5.97 Å². The van der Waals surface area contributed by atoms with Crippen molar-refractivity contribution < 1.29 is 14.6 Å². The van der Waals surface area contributed by atoms with Crippen LogP contribution in [0.1, 0.15) is 19.3 Å². The fraction of sp³-hybridized carbons (Fsp3) is 0.583. The SMILES string of the molecule is COc1cc(N2CCCC[C@@H]2C(=O)O)nc(SC)n1. The average molecular weight is 283 g/mol. The van der Waals surface area contributed by atoms with E-state index in [4.69, 9.17) is 4.74 Å². The van der Waals surface area contributed by atoms with Gasteiger partial charge < -0.3 is 14.7 Å². The van der Waals surface area contributed by atoms with Gasteiger partial charge in [0.1, 0.15) is 11.9 Å². The van der Waals surface area contributed by atoms with Gasteiger partial charge in [0.2, 0.25) is 5.88 Å². The maximum Gasteiger partial charge on any atom is 0.326 e. The lowest BCUT2D eigenvalue weighted by Gasteiger charge is -2.33. The van der Waals surface area contributed by atoms with Crippen molar-refractivity contribution in [3.05, 3.63) is 6.07 Å². The van der Waals surface area contributed by atoms with Crippen molar-refractivity contribution in [3.63, 3.8) is 0 Å². The van der Waals surface area contributed by atoms with Crippen LogP contribution in [-0.4, -0.2) is 47.0 Å². The molecule has 1 N–H and O–H groups in total.